The molecule has 6 aliphatic carbocycles. The van der Waals surface area contributed by atoms with Gasteiger partial charge in [0.25, 0.3) is 0 Å². The Morgan fingerprint density at radius 3 is 1.79 bits per heavy atom. The molecule has 6 fully saturated rings. The van der Waals surface area contributed by atoms with Crippen LogP contribution < -0.4 is 4.74 Å². The van der Waals surface area contributed by atoms with E-state index in [1.807, 2.05) is 12.1 Å². The molecule has 76 heavy (non-hydrogen) atoms. The van der Waals surface area contributed by atoms with E-state index in [-0.39, 0.29) is 79.1 Å². The topological polar surface area (TPSA) is 189 Å². The van der Waals surface area contributed by atoms with Gasteiger partial charge in [-0.3, -0.25) is 4.79 Å². The zero-order valence-corrected chi connectivity index (χ0v) is 43.8. The highest BCUT2D eigenvalue weighted by molar-refractivity contribution is 8.11. The van der Waals surface area contributed by atoms with E-state index in [9.17, 15) is 32.9 Å². The average Bonchev–Trinajstić information content (AvgIpc) is 4.31. The number of ether oxygens (including phenoxy) is 1. The maximum absolute atomic E-state index is 15.2. The Balaban J connectivity index is 0.946. The molecule has 0 aliphatic heterocycles. The first-order valence-corrected chi connectivity index (χ1v) is 31.1. The third-order valence-corrected chi connectivity index (χ3v) is 23.4. The van der Waals surface area contributed by atoms with Gasteiger partial charge in [0, 0.05) is 27.6 Å². The van der Waals surface area contributed by atoms with Gasteiger partial charge in [-0.2, -0.15) is 10.5 Å². The summed E-state index contributed by atoms with van der Waals surface area (Å²) >= 11 is 0. The highest BCUT2D eigenvalue weighted by Crippen LogP contribution is 2.55. The lowest BCUT2D eigenvalue weighted by atomic mass is 9.84. The molecule has 394 valence electrons. The first-order chi connectivity index (χ1) is 36.3. The fourth-order valence-electron chi connectivity index (χ4n) is 15.3. The third-order valence-electron chi connectivity index (χ3n) is 18.9. The van der Waals surface area contributed by atoms with Crippen LogP contribution >= 0.6 is 0 Å². The van der Waals surface area contributed by atoms with E-state index in [0.29, 0.717) is 59.3 Å². The number of carbonyl (C=O) groups is 1. The number of nitriles is 2. The largest absolute Gasteiger partial charge is 0.457 e. The number of carbonyl (C=O) groups excluding carboxylic acids is 1. The van der Waals surface area contributed by atoms with Crippen LogP contribution in [-0.2, 0) is 25.7 Å². The quantitative estimate of drug-likeness (QED) is 0.0720. The molecular weight excluding hydrogens is 1000 g/mol. The molecule has 0 spiro atoms. The van der Waals surface area contributed by atoms with E-state index in [1.54, 1.807) is 60.7 Å². The van der Waals surface area contributed by atoms with E-state index >= 15 is 17.8 Å². The molecule has 14 heteroatoms. The second-order valence-electron chi connectivity index (χ2n) is 23.6. The van der Waals surface area contributed by atoms with E-state index < -0.39 is 58.0 Å². The summed E-state index contributed by atoms with van der Waals surface area (Å²) in [6.45, 7) is 0. The summed E-state index contributed by atoms with van der Waals surface area (Å²) in [6, 6.07) is 29.3. The SMILES string of the molecule is N#Cc1c(F)cccc1-c1ccc(-c2cccc(F)c2C#N)c(C(=O)c2ccc(Oc3ccc4cc(S(=O)(O)(O)CC5CC6CCC5C6)cc(S(=O)(O)(O)CC5CC6CCC5C6)c4c3)c(CCC3CC4CCC3C4)c2)c1. The van der Waals surface area contributed by atoms with E-state index in [0.717, 1.165) is 63.9 Å². The van der Waals surface area contributed by atoms with Crippen LogP contribution in [0.25, 0.3) is 33.0 Å². The Kier molecular flexibility index (Phi) is 12.4. The van der Waals surface area contributed by atoms with Gasteiger partial charge in [0.15, 0.2) is 5.78 Å². The maximum atomic E-state index is 15.2. The Hall–Kier alpha value is -5.97. The fraction of sp³-hybridized carbons (Fsp3) is 0.403. The molecule has 4 N–H and O–H groups in total. The second-order valence-corrected chi connectivity index (χ2v) is 29.2. The number of nitrogens with zero attached hydrogens (tertiary/aromatic N) is 2. The van der Waals surface area contributed by atoms with Crippen LogP contribution in [0.4, 0.5) is 8.78 Å². The number of halogens is 2. The van der Waals surface area contributed by atoms with Crippen LogP contribution in [0.2, 0.25) is 0 Å². The van der Waals surface area contributed by atoms with E-state index in [2.05, 4.69) is 0 Å². The number of benzene rings is 6. The van der Waals surface area contributed by atoms with E-state index in [1.165, 1.54) is 55.7 Å². The zero-order chi connectivity index (χ0) is 52.9. The lowest BCUT2D eigenvalue weighted by molar-refractivity contribution is 0.103. The highest BCUT2D eigenvalue weighted by Gasteiger charge is 2.49. The zero-order valence-electron chi connectivity index (χ0n) is 42.2. The first-order valence-electron chi connectivity index (χ1n) is 27.0. The van der Waals surface area contributed by atoms with Gasteiger partial charge >= 0.3 is 0 Å². The summed E-state index contributed by atoms with van der Waals surface area (Å²) in [5, 5.41) is 20.4. The second kappa shape index (κ2) is 18.6. The van der Waals surface area contributed by atoms with Crippen molar-refractivity contribution in [1.29, 1.82) is 10.5 Å². The molecular formula is C62H62F2N2O8S2. The van der Waals surface area contributed by atoms with Crippen molar-refractivity contribution in [3.63, 3.8) is 0 Å². The molecule has 6 aliphatic rings. The van der Waals surface area contributed by atoms with Crippen molar-refractivity contribution in [2.24, 2.45) is 53.3 Å². The van der Waals surface area contributed by atoms with Crippen molar-refractivity contribution >= 4 is 35.8 Å². The van der Waals surface area contributed by atoms with Gasteiger partial charge in [-0.05, 0) is 207 Å². The Morgan fingerprint density at radius 1 is 0.605 bits per heavy atom. The van der Waals surface area contributed by atoms with Gasteiger partial charge in [0.2, 0.25) is 0 Å². The summed E-state index contributed by atoms with van der Waals surface area (Å²) < 4.78 is 115. The number of hydrogen-bond acceptors (Lipinski definition) is 6. The monoisotopic (exact) mass is 1060 g/mol. The summed E-state index contributed by atoms with van der Waals surface area (Å²) in [6.07, 6.45) is 13.3. The standard InChI is InChI=1S/C62H62F2N2O8S2/c63-58-5-1-3-51(56(58)32-65)44-16-19-53(52-4-2-6-59(64)57(52)33-66)55(29-44)62(67)46-17-20-60(45(27-46)14-13-40-22-36-7-10-39(40)21-36)74-49-18-15-43-28-50(75(68,69,70)34-47-25-37-8-11-41(47)23-37)31-61(54(43)30-49)76(71,72,73)35-48-26-38-9-12-42(48)24-38/h1-6,15-20,27-31,36-42,47-48H,7-14,21-26,34-35H2,(H2,68,69,70)(H2,71,72,73). The third kappa shape index (κ3) is 9.33. The summed E-state index contributed by atoms with van der Waals surface area (Å²) in [4.78, 5) is 14.3. The smallest absolute Gasteiger partial charge is 0.193 e. The molecule has 6 saturated carbocycles. The molecule has 6 aromatic rings. The Morgan fingerprint density at radius 2 is 1.20 bits per heavy atom. The van der Waals surface area contributed by atoms with Crippen LogP contribution in [0.3, 0.4) is 0 Å². The summed E-state index contributed by atoms with van der Waals surface area (Å²) in [5.74, 6) is 0.418. The molecule has 10 nitrogen and oxygen atoms in total. The molecule has 9 atom stereocenters. The van der Waals surface area contributed by atoms with Crippen LogP contribution in [0.1, 0.15) is 116 Å². The molecule has 0 aromatic heterocycles. The van der Waals surface area contributed by atoms with Crippen LogP contribution in [-0.4, -0.2) is 43.9 Å². The van der Waals surface area contributed by atoms with Crippen LogP contribution in [0, 0.1) is 87.6 Å². The van der Waals surface area contributed by atoms with Crippen molar-refractivity contribution in [3.8, 4) is 45.9 Å². The number of aryl methyl sites for hydroxylation is 1. The molecule has 6 bridgehead atoms. The lowest BCUT2D eigenvalue weighted by Crippen LogP contribution is -2.42. The van der Waals surface area contributed by atoms with Gasteiger partial charge in [-0.1, -0.05) is 61.7 Å². The average molecular weight is 1070 g/mol. The van der Waals surface area contributed by atoms with Crippen molar-refractivity contribution in [2.45, 2.75) is 99.7 Å². The molecule has 6 aromatic carbocycles. The number of ketones is 1. The summed E-state index contributed by atoms with van der Waals surface area (Å²) in [5.41, 5.74) is 1.61. The lowest BCUT2D eigenvalue weighted by Gasteiger charge is -2.39. The minimum absolute atomic E-state index is 0.0890. The van der Waals surface area contributed by atoms with Crippen molar-refractivity contribution in [3.05, 3.63) is 143 Å². The number of fused-ring (bicyclic) bond motifs is 7. The molecule has 12 rings (SSSR count). The molecule has 9 unspecified atom stereocenters. The number of hydrogen-bond donors (Lipinski definition) is 4. The predicted molar refractivity (Wildman–Crippen MR) is 289 cm³/mol. The molecule has 0 radical (unpaired) electrons. The molecule has 0 amide bonds. The maximum Gasteiger partial charge on any atom is 0.193 e. The van der Waals surface area contributed by atoms with Crippen molar-refractivity contribution < 1.29 is 44.9 Å². The van der Waals surface area contributed by atoms with Gasteiger partial charge in [-0.15, -0.1) is 0 Å². The fourth-order valence-corrected chi connectivity index (χ4v) is 19.8. The normalized spacial score (nSPS) is 26.4. The van der Waals surface area contributed by atoms with Gasteiger partial charge in [0.1, 0.15) is 54.5 Å². The van der Waals surface area contributed by atoms with Crippen LogP contribution in [0.15, 0.2) is 113 Å². The Labute approximate surface area is 442 Å². The van der Waals surface area contributed by atoms with E-state index in [4.69, 9.17) is 4.74 Å². The first kappa shape index (κ1) is 50.8. The summed E-state index contributed by atoms with van der Waals surface area (Å²) in [7, 11) is -11.4. The molecule has 0 heterocycles. The van der Waals surface area contributed by atoms with Crippen LogP contribution in [0.5, 0.6) is 11.5 Å². The molecule has 0 saturated heterocycles. The minimum Gasteiger partial charge on any atom is -0.457 e. The van der Waals surface area contributed by atoms with Gasteiger partial charge in [-0.25, -0.2) is 17.2 Å². The highest BCUT2D eigenvalue weighted by atomic mass is 32.3. The minimum atomic E-state index is -5.77. The predicted octanol–water partition coefficient (Wildman–Crippen LogP) is 14.7. The van der Waals surface area contributed by atoms with Crippen molar-refractivity contribution in [2.75, 3.05) is 11.5 Å². The number of rotatable bonds is 15. The van der Waals surface area contributed by atoms with Crippen molar-refractivity contribution in [1.82, 2.24) is 0 Å². The Bertz CT molecular complexity index is 3630. The van der Waals surface area contributed by atoms with Gasteiger partial charge in [0.05, 0.1) is 32.4 Å². The van der Waals surface area contributed by atoms with Gasteiger partial charge < -0.3 is 22.9 Å².